The molecule has 3 N–H and O–H groups in total. The molecule has 5 heteroatoms. The number of amides is 1. The van der Waals surface area contributed by atoms with Crippen LogP contribution < -0.4 is 15.8 Å². The van der Waals surface area contributed by atoms with E-state index in [1.807, 2.05) is 13.0 Å². The van der Waals surface area contributed by atoms with E-state index in [1.165, 1.54) is 0 Å². The third kappa shape index (κ3) is 5.04. The van der Waals surface area contributed by atoms with Gasteiger partial charge >= 0.3 is 0 Å². The molecule has 0 saturated heterocycles. The third-order valence-electron chi connectivity index (χ3n) is 3.01. The number of ether oxygens (including phenoxy) is 1. The standard InChI is InChI=1S/C15H23BrN2O2/c1-4-5-6-7-18-15(19)11(3)20-14-10(2)8-12(16)9-13(14)17/h8-9,11H,4-7,17H2,1-3H3,(H,18,19). The maximum atomic E-state index is 11.9. The fraction of sp³-hybridized carbons (Fsp3) is 0.533. The molecule has 1 rings (SSSR count). The minimum atomic E-state index is -0.557. The third-order valence-corrected chi connectivity index (χ3v) is 3.47. The molecule has 0 aliphatic rings. The summed E-state index contributed by atoms with van der Waals surface area (Å²) in [6, 6.07) is 3.69. The molecule has 1 amide bonds. The van der Waals surface area contributed by atoms with Crippen LogP contribution in [-0.4, -0.2) is 18.6 Å². The highest BCUT2D eigenvalue weighted by Crippen LogP contribution is 2.30. The van der Waals surface area contributed by atoms with Crippen molar-refractivity contribution in [3.8, 4) is 5.75 Å². The van der Waals surface area contributed by atoms with Crippen LogP contribution in [0.2, 0.25) is 0 Å². The van der Waals surface area contributed by atoms with Gasteiger partial charge in [0, 0.05) is 11.0 Å². The summed E-state index contributed by atoms with van der Waals surface area (Å²) in [4.78, 5) is 11.9. The number of halogens is 1. The van der Waals surface area contributed by atoms with Crippen LogP contribution in [0, 0.1) is 6.92 Å². The lowest BCUT2D eigenvalue weighted by Gasteiger charge is -2.18. The van der Waals surface area contributed by atoms with Crippen molar-refractivity contribution in [3.05, 3.63) is 22.2 Å². The number of aryl methyl sites for hydroxylation is 1. The van der Waals surface area contributed by atoms with E-state index >= 15 is 0 Å². The predicted octanol–water partition coefficient (Wildman–Crippen LogP) is 3.41. The normalized spacial score (nSPS) is 12.0. The SMILES string of the molecule is CCCCCNC(=O)C(C)Oc1c(C)cc(Br)cc1N. The number of nitrogens with one attached hydrogen (secondary N) is 1. The Kier molecular flexibility index (Phi) is 6.85. The fourth-order valence-corrected chi connectivity index (χ4v) is 2.47. The molecule has 1 atom stereocenters. The Morgan fingerprint density at radius 1 is 1.45 bits per heavy atom. The van der Waals surface area contributed by atoms with E-state index in [2.05, 4.69) is 28.2 Å². The Bertz CT molecular complexity index is 440. The van der Waals surface area contributed by atoms with E-state index in [-0.39, 0.29) is 5.91 Å². The summed E-state index contributed by atoms with van der Waals surface area (Å²) in [6.45, 7) is 6.46. The van der Waals surface area contributed by atoms with E-state index < -0.39 is 6.10 Å². The van der Waals surface area contributed by atoms with E-state index in [0.717, 1.165) is 29.3 Å². The number of carbonyl (C=O) groups is 1. The second-order valence-corrected chi connectivity index (χ2v) is 5.81. The van der Waals surface area contributed by atoms with Crippen LogP contribution in [0.3, 0.4) is 0 Å². The first kappa shape index (κ1) is 16.8. The fourth-order valence-electron chi connectivity index (χ4n) is 1.88. The number of nitrogens with two attached hydrogens (primary N) is 1. The molecule has 0 aromatic heterocycles. The number of hydrogen-bond donors (Lipinski definition) is 2. The average Bonchev–Trinajstić information content (AvgIpc) is 2.38. The van der Waals surface area contributed by atoms with Crippen molar-refractivity contribution in [1.82, 2.24) is 5.32 Å². The summed E-state index contributed by atoms with van der Waals surface area (Å²) < 4.78 is 6.59. The van der Waals surface area contributed by atoms with Gasteiger partial charge < -0.3 is 15.8 Å². The summed E-state index contributed by atoms with van der Waals surface area (Å²) in [5.41, 5.74) is 7.36. The van der Waals surface area contributed by atoms with Gasteiger partial charge in [-0.1, -0.05) is 35.7 Å². The number of nitrogen functional groups attached to an aromatic ring is 1. The Morgan fingerprint density at radius 2 is 2.15 bits per heavy atom. The van der Waals surface area contributed by atoms with Crippen molar-refractivity contribution in [2.45, 2.75) is 46.1 Å². The zero-order valence-corrected chi connectivity index (χ0v) is 13.9. The highest BCUT2D eigenvalue weighted by Gasteiger charge is 2.17. The van der Waals surface area contributed by atoms with Gasteiger partial charge in [-0.25, -0.2) is 0 Å². The van der Waals surface area contributed by atoms with Gasteiger partial charge in [0.05, 0.1) is 5.69 Å². The Balaban J connectivity index is 2.57. The van der Waals surface area contributed by atoms with Gasteiger partial charge in [0.15, 0.2) is 6.10 Å². The average molecular weight is 343 g/mol. The number of unbranched alkanes of at least 4 members (excludes halogenated alkanes) is 2. The van der Waals surface area contributed by atoms with Crippen molar-refractivity contribution in [2.75, 3.05) is 12.3 Å². The summed E-state index contributed by atoms with van der Waals surface area (Å²) in [7, 11) is 0. The van der Waals surface area contributed by atoms with Gasteiger partial charge in [-0.2, -0.15) is 0 Å². The summed E-state index contributed by atoms with van der Waals surface area (Å²) in [5.74, 6) is 0.465. The van der Waals surface area contributed by atoms with Crippen LogP contribution in [0.1, 0.15) is 38.7 Å². The molecule has 4 nitrogen and oxygen atoms in total. The summed E-state index contributed by atoms with van der Waals surface area (Å²) >= 11 is 3.38. The predicted molar refractivity (Wildman–Crippen MR) is 85.9 cm³/mol. The van der Waals surface area contributed by atoms with Crippen molar-refractivity contribution in [2.24, 2.45) is 0 Å². The van der Waals surface area contributed by atoms with Crippen molar-refractivity contribution in [1.29, 1.82) is 0 Å². The van der Waals surface area contributed by atoms with Gasteiger partial charge in [-0.3, -0.25) is 4.79 Å². The van der Waals surface area contributed by atoms with Crippen LogP contribution in [0.5, 0.6) is 5.75 Å². The van der Waals surface area contributed by atoms with Gasteiger partial charge in [0.1, 0.15) is 5.75 Å². The minimum absolute atomic E-state index is 0.108. The molecule has 1 unspecified atom stereocenters. The molecule has 0 spiro atoms. The number of carbonyl (C=O) groups excluding carboxylic acids is 1. The quantitative estimate of drug-likeness (QED) is 0.589. The second kappa shape index (κ2) is 8.15. The van der Waals surface area contributed by atoms with Crippen LogP contribution in [0.25, 0.3) is 0 Å². The molecule has 1 aromatic carbocycles. The molecule has 0 fully saturated rings. The molecule has 0 aliphatic carbocycles. The topological polar surface area (TPSA) is 64.3 Å². The highest BCUT2D eigenvalue weighted by molar-refractivity contribution is 9.10. The largest absolute Gasteiger partial charge is 0.478 e. The van der Waals surface area contributed by atoms with Crippen LogP contribution >= 0.6 is 15.9 Å². The first-order valence-corrected chi connectivity index (χ1v) is 7.75. The van der Waals surface area contributed by atoms with Crippen LogP contribution in [-0.2, 0) is 4.79 Å². The number of benzene rings is 1. The lowest BCUT2D eigenvalue weighted by Crippen LogP contribution is -2.37. The smallest absolute Gasteiger partial charge is 0.260 e. The molecule has 0 heterocycles. The molecule has 112 valence electrons. The lowest BCUT2D eigenvalue weighted by atomic mass is 10.2. The Hall–Kier alpha value is -1.23. The molecule has 0 radical (unpaired) electrons. The number of anilines is 1. The zero-order valence-electron chi connectivity index (χ0n) is 12.3. The Labute approximate surface area is 129 Å². The monoisotopic (exact) mass is 342 g/mol. The van der Waals surface area contributed by atoms with Crippen molar-refractivity contribution >= 4 is 27.5 Å². The lowest BCUT2D eigenvalue weighted by molar-refractivity contribution is -0.127. The van der Waals surface area contributed by atoms with Gasteiger partial charge in [-0.15, -0.1) is 0 Å². The van der Waals surface area contributed by atoms with Crippen molar-refractivity contribution in [3.63, 3.8) is 0 Å². The molecular formula is C15H23BrN2O2. The molecule has 1 aromatic rings. The Morgan fingerprint density at radius 3 is 2.75 bits per heavy atom. The van der Waals surface area contributed by atoms with E-state index in [4.69, 9.17) is 10.5 Å². The maximum absolute atomic E-state index is 11.9. The van der Waals surface area contributed by atoms with E-state index in [9.17, 15) is 4.79 Å². The van der Waals surface area contributed by atoms with Crippen LogP contribution in [0.4, 0.5) is 5.69 Å². The molecule has 0 bridgehead atoms. The number of rotatable bonds is 7. The highest BCUT2D eigenvalue weighted by atomic mass is 79.9. The van der Waals surface area contributed by atoms with Gasteiger partial charge in [0.2, 0.25) is 0 Å². The number of hydrogen-bond acceptors (Lipinski definition) is 3. The molecule has 20 heavy (non-hydrogen) atoms. The van der Waals surface area contributed by atoms with Gasteiger partial charge in [0.25, 0.3) is 5.91 Å². The van der Waals surface area contributed by atoms with Gasteiger partial charge in [-0.05, 0) is 38.0 Å². The maximum Gasteiger partial charge on any atom is 0.260 e. The minimum Gasteiger partial charge on any atom is -0.478 e. The summed E-state index contributed by atoms with van der Waals surface area (Å²) in [6.07, 6.45) is 2.69. The second-order valence-electron chi connectivity index (χ2n) is 4.90. The molecule has 0 saturated carbocycles. The van der Waals surface area contributed by atoms with Crippen molar-refractivity contribution < 1.29 is 9.53 Å². The first-order chi connectivity index (χ1) is 9.45. The zero-order chi connectivity index (χ0) is 15.1. The van der Waals surface area contributed by atoms with E-state index in [0.29, 0.717) is 18.0 Å². The molecule has 0 aliphatic heterocycles. The first-order valence-electron chi connectivity index (χ1n) is 6.95. The summed E-state index contributed by atoms with van der Waals surface area (Å²) in [5, 5.41) is 2.87. The molecular weight excluding hydrogens is 320 g/mol. The van der Waals surface area contributed by atoms with Crippen LogP contribution in [0.15, 0.2) is 16.6 Å². The van der Waals surface area contributed by atoms with E-state index in [1.54, 1.807) is 13.0 Å².